The summed E-state index contributed by atoms with van der Waals surface area (Å²) in [7, 11) is -7.42. The summed E-state index contributed by atoms with van der Waals surface area (Å²) in [5, 5.41) is 2.77. The first-order chi connectivity index (χ1) is 16.7. The second kappa shape index (κ2) is 9.84. The predicted molar refractivity (Wildman–Crippen MR) is 130 cm³/mol. The van der Waals surface area contributed by atoms with E-state index in [0.717, 1.165) is 0 Å². The average molecular weight is 514 g/mol. The highest BCUT2D eigenvalue weighted by Gasteiger charge is 2.19. The molecule has 4 rings (SSSR count). The van der Waals surface area contributed by atoms with Gasteiger partial charge in [-0.1, -0.05) is 25.1 Å². The molecule has 2 aromatic heterocycles. The number of carbonyl (C=O) groups excluding carboxylic acids is 1. The van der Waals surface area contributed by atoms with Crippen LogP contribution in [-0.2, 0) is 26.4 Å². The maximum absolute atomic E-state index is 13.1. The van der Waals surface area contributed by atoms with Crippen molar-refractivity contribution < 1.29 is 21.6 Å². The van der Waals surface area contributed by atoms with Gasteiger partial charge in [-0.25, -0.2) is 26.8 Å². The normalized spacial score (nSPS) is 11.9. The van der Waals surface area contributed by atoms with Gasteiger partial charge >= 0.3 is 0 Å². The van der Waals surface area contributed by atoms with Gasteiger partial charge in [0, 0.05) is 37.0 Å². The Morgan fingerprint density at radius 1 is 1.00 bits per heavy atom. The molecule has 1 amide bonds. The molecule has 0 radical (unpaired) electrons. The van der Waals surface area contributed by atoms with Gasteiger partial charge in [0.1, 0.15) is 0 Å². The summed E-state index contributed by atoms with van der Waals surface area (Å²) >= 11 is 0. The molecular weight excluding hydrogens is 490 g/mol. The number of nitrogens with one attached hydrogen (secondary N) is 2. The van der Waals surface area contributed by atoms with Gasteiger partial charge in [0.15, 0.2) is 0 Å². The summed E-state index contributed by atoms with van der Waals surface area (Å²) < 4.78 is 54.2. The van der Waals surface area contributed by atoms with E-state index in [1.165, 1.54) is 42.6 Å². The number of carbonyl (C=O) groups is 1. The molecule has 0 atom stereocenters. The lowest BCUT2D eigenvalue weighted by atomic mass is 10.2. The van der Waals surface area contributed by atoms with Gasteiger partial charge in [-0.05, 0) is 42.3 Å². The van der Waals surface area contributed by atoms with Crippen LogP contribution in [0, 0.1) is 0 Å². The zero-order valence-electron chi connectivity index (χ0n) is 18.7. The van der Waals surface area contributed by atoms with E-state index in [4.69, 9.17) is 0 Å². The van der Waals surface area contributed by atoms with Crippen molar-refractivity contribution in [1.82, 2.24) is 19.7 Å². The van der Waals surface area contributed by atoms with E-state index in [0.29, 0.717) is 23.3 Å². The van der Waals surface area contributed by atoms with Crippen LogP contribution in [0.4, 0.5) is 5.69 Å². The quantitative estimate of drug-likeness (QED) is 0.351. The molecule has 0 aliphatic rings. The maximum Gasteiger partial charge on any atom is 0.254 e. The Bertz CT molecular complexity index is 1580. The number of anilines is 1. The van der Waals surface area contributed by atoms with Crippen molar-refractivity contribution >= 4 is 37.2 Å². The molecule has 0 unspecified atom stereocenters. The summed E-state index contributed by atoms with van der Waals surface area (Å²) in [6.07, 6.45) is 6.77. The molecule has 0 spiro atoms. The van der Waals surface area contributed by atoms with E-state index in [-0.39, 0.29) is 33.7 Å². The van der Waals surface area contributed by atoms with Crippen LogP contribution in [0.3, 0.4) is 0 Å². The minimum Gasteiger partial charge on any atom is -0.348 e. The fourth-order valence-electron chi connectivity index (χ4n) is 3.37. The fourth-order valence-corrected chi connectivity index (χ4v) is 5.80. The molecule has 2 heterocycles. The van der Waals surface area contributed by atoms with Crippen LogP contribution in [0.2, 0.25) is 0 Å². The first-order valence-electron chi connectivity index (χ1n) is 10.7. The molecule has 0 aliphatic heterocycles. The fraction of sp³-hybridized carbons (Fsp3) is 0.174. The molecule has 2 aromatic carbocycles. The van der Waals surface area contributed by atoms with Crippen LogP contribution >= 0.6 is 0 Å². The number of rotatable bonds is 9. The smallest absolute Gasteiger partial charge is 0.254 e. The number of hydrogen-bond acceptors (Lipinski definition) is 7. The Labute approximate surface area is 203 Å². The number of imidazole rings is 1. The van der Waals surface area contributed by atoms with Crippen LogP contribution in [0.1, 0.15) is 29.3 Å². The summed E-state index contributed by atoms with van der Waals surface area (Å²) in [5.74, 6) is 0.103. The third-order valence-electron chi connectivity index (χ3n) is 5.08. The second-order valence-electron chi connectivity index (χ2n) is 7.76. The largest absolute Gasteiger partial charge is 0.348 e. The van der Waals surface area contributed by atoms with Gasteiger partial charge in [0.05, 0.1) is 21.1 Å². The van der Waals surface area contributed by atoms with Gasteiger partial charge in [0.2, 0.25) is 25.6 Å². The number of benzene rings is 2. The van der Waals surface area contributed by atoms with Crippen molar-refractivity contribution in [3.8, 4) is 0 Å². The lowest BCUT2D eigenvalue weighted by Gasteiger charge is -2.10. The first-order valence-corrected chi connectivity index (χ1v) is 13.8. The first kappa shape index (κ1) is 24.4. The standard InChI is InChI=1S/C23H23N5O5S2/c1-2-12-34(30,31)27-19-4-3-5-21(13-19)35(32,33)20-8-6-17(7-9-20)14-25-22(29)18-15-26-23-24-10-11-28(23)16-18/h3-11,13,15-16,27H,2,12,14H2,1H3,(H,25,29). The highest BCUT2D eigenvalue weighted by atomic mass is 32.2. The summed E-state index contributed by atoms with van der Waals surface area (Å²) in [5.41, 5.74) is 1.25. The lowest BCUT2D eigenvalue weighted by Crippen LogP contribution is -2.23. The molecule has 0 bridgehead atoms. The molecule has 0 saturated heterocycles. The van der Waals surface area contributed by atoms with Crippen molar-refractivity contribution in [2.45, 2.75) is 29.7 Å². The van der Waals surface area contributed by atoms with Crippen LogP contribution in [-0.4, -0.2) is 42.9 Å². The van der Waals surface area contributed by atoms with Crippen molar-refractivity contribution in [3.63, 3.8) is 0 Å². The number of amides is 1. The molecule has 0 aliphatic carbocycles. The molecular formula is C23H23N5O5S2. The Morgan fingerprint density at radius 2 is 1.77 bits per heavy atom. The third-order valence-corrected chi connectivity index (χ3v) is 8.34. The molecule has 35 heavy (non-hydrogen) atoms. The summed E-state index contributed by atoms with van der Waals surface area (Å²) in [4.78, 5) is 20.6. The second-order valence-corrected chi connectivity index (χ2v) is 11.5. The summed E-state index contributed by atoms with van der Waals surface area (Å²) in [6, 6.07) is 11.8. The monoisotopic (exact) mass is 513 g/mol. The molecule has 12 heteroatoms. The predicted octanol–water partition coefficient (Wildman–Crippen LogP) is 2.64. The van der Waals surface area contributed by atoms with E-state index in [1.54, 1.807) is 42.0 Å². The van der Waals surface area contributed by atoms with E-state index in [9.17, 15) is 21.6 Å². The Hall–Kier alpha value is -3.77. The molecule has 182 valence electrons. The Kier molecular flexibility index (Phi) is 6.85. The van der Waals surface area contributed by atoms with E-state index >= 15 is 0 Å². The Morgan fingerprint density at radius 3 is 2.51 bits per heavy atom. The minimum atomic E-state index is -3.87. The number of sulfonamides is 1. The SMILES string of the molecule is CCCS(=O)(=O)Nc1cccc(S(=O)(=O)c2ccc(CNC(=O)c3cnc4nccn4c3)cc2)c1. The van der Waals surface area contributed by atoms with Crippen LogP contribution in [0.15, 0.2) is 83.1 Å². The number of fused-ring (bicyclic) bond motifs is 1. The van der Waals surface area contributed by atoms with E-state index in [1.807, 2.05) is 0 Å². The Balaban J connectivity index is 1.45. The molecule has 0 fully saturated rings. The molecule has 10 nitrogen and oxygen atoms in total. The van der Waals surface area contributed by atoms with Gasteiger partial charge in [-0.3, -0.25) is 13.9 Å². The average Bonchev–Trinajstić information content (AvgIpc) is 3.30. The minimum absolute atomic E-state index is 0.0300. The highest BCUT2D eigenvalue weighted by molar-refractivity contribution is 7.92. The van der Waals surface area contributed by atoms with Crippen molar-refractivity contribution in [3.05, 3.63) is 84.4 Å². The van der Waals surface area contributed by atoms with Gasteiger partial charge < -0.3 is 5.32 Å². The van der Waals surface area contributed by atoms with Crippen molar-refractivity contribution in [1.29, 1.82) is 0 Å². The van der Waals surface area contributed by atoms with E-state index in [2.05, 4.69) is 20.0 Å². The van der Waals surface area contributed by atoms with Crippen molar-refractivity contribution in [2.24, 2.45) is 0 Å². The maximum atomic E-state index is 13.1. The molecule has 0 saturated carbocycles. The molecule has 4 aromatic rings. The van der Waals surface area contributed by atoms with Crippen LogP contribution in [0.25, 0.3) is 5.78 Å². The van der Waals surface area contributed by atoms with Crippen molar-refractivity contribution in [2.75, 3.05) is 10.5 Å². The van der Waals surface area contributed by atoms with Crippen LogP contribution < -0.4 is 10.0 Å². The highest BCUT2D eigenvalue weighted by Crippen LogP contribution is 2.24. The lowest BCUT2D eigenvalue weighted by molar-refractivity contribution is 0.0950. The number of hydrogen-bond donors (Lipinski definition) is 2. The number of sulfone groups is 1. The zero-order chi connectivity index (χ0) is 25.1. The van der Waals surface area contributed by atoms with Gasteiger partial charge in [-0.15, -0.1) is 0 Å². The van der Waals surface area contributed by atoms with Gasteiger partial charge in [-0.2, -0.15) is 0 Å². The van der Waals surface area contributed by atoms with E-state index < -0.39 is 19.9 Å². The topological polar surface area (TPSA) is 140 Å². The summed E-state index contributed by atoms with van der Waals surface area (Å²) in [6.45, 7) is 1.93. The third kappa shape index (κ3) is 5.66. The number of nitrogens with zero attached hydrogens (tertiary/aromatic N) is 3. The van der Waals surface area contributed by atoms with Gasteiger partial charge in [0.25, 0.3) is 5.91 Å². The zero-order valence-corrected chi connectivity index (χ0v) is 20.4. The van der Waals surface area contributed by atoms with Crippen LogP contribution in [0.5, 0.6) is 0 Å². The molecule has 2 N–H and O–H groups in total. The number of aromatic nitrogens is 3.